The van der Waals surface area contributed by atoms with Gasteiger partial charge in [0.1, 0.15) is 0 Å². The average molecular weight is 265 g/mol. The molecule has 1 amide bonds. The van der Waals surface area contributed by atoms with Gasteiger partial charge in [-0.3, -0.25) is 9.80 Å². The van der Waals surface area contributed by atoms with E-state index in [1.165, 1.54) is 0 Å². The van der Waals surface area contributed by atoms with E-state index >= 15 is 0 Å². The van der Waals surface area contributed by atoms with Gasteiger partial charge < -0.3 is 5.73 Å². The van der Waals surface area contributed by atoms with Crippen molar-refractivity contribution in [3.05, 3.63) is 65.7 Å². The third-order valence-corrected chi connectivity index (χ3v) is 3.36. The van der Waals surface area contributed by atoms with E-state index in [0.717, 1.165) is 29.9 Å². The van der Waals surface area contributed by atoms with Gasteiger partial charge in [0.15, 0.2) is 0 Å². The monoisotopic (exact) mass is 265 g/mol. The zero-order valence-corrected chi connectivity index (χ0v) is 11.0. The Kier molecular flexibility index (Phi) is 3.21. The van der Waals surface area contributed by atoms with Crippen molar-refractivity contribution in [1.82, 2.24) is 0 Å². The number of nitrogens with two attached hydrogens (primary N) is 1. The normalized spacial score (nSPS) is 14.2. The summed E-state index contributed by atoms with van der Waals surface area (Å²) in [5.74, 6) is -0.411. The molecule has 2 aromatic rings. The summed E-state index contributed by atoms with van der Waals surface area (Å²) in [5, 5.41) is 6.59. The average Bonchev–Trinajstić information content (AvgIpc) is 2.98. The lowest BCUT2D eigenvalue weighted by molar-refractivity contribution is 0.100. The third-order valence-electron chi connectivity index (χ3n) is 3.36. The van der Waals surface area contributed by atoms with Gasteiger partial charge in [0.2, 0.25) is 5.91 Å². The molecular formula is C16H15N3O. The van der Waals surface area contributed by atoms with E-state index in [9.17, 15) is 4.79 Å². The van der Waals surface area contributed by atoms with Gasteiger partial charge in [-0.1, -0.05) is 30.3 Å². The van der Waals surface area contributed by atoms with Crippen LogP contribution in [0.25, 0.3) is 0 Å². The molecule has 0 radical (unpaired) electrons. The summed E-state index contributed by atoms with van der Waals surface area (Å²) in [7, 11) is 0. The first-order valence-electron chi connectivity index (χ1n) is 6.54. The fraction of sp³-hybridized carbons (Fsp3) is 0.125. The van der Waals surface area contributed by atoms with Crippen molar-refractivity contribution in [3.63, 3.8) is 0 Å². The Morgan fingerprint density at radius 3 is 2.40 bits per heavy atom. The minimum Gasteiger partial charge on any atom is -0.366 e. The number of hydrazone groups is 1. The van der Waals surface area contributed by atoms with Crippen LogP contribution in [0.5, 0.6) is 0 Å². The molecule has 0 bridgehead atoms. The van der Waals surface area contributed by atoms with Crippen LogP contribution >= 0.6 is 0 Å². The van der Waals surface area contributed by atoms with Crippen LogP contribution in [0.15, 0.2) is 59.7 Å². The van der Waals surface area contributed by atoms with Crippen molar-refractivity contribution < 1.29 is 4.79 Å². The van der Waals surface area contributed by atoms with Crippen molar-refractivity contribution in [2.24, 2.45) is 10.8 Å². The smallest absolute Gasteiger partial charge is 0.248 e. The highest BCUT2D eigenvalue weighted by atomic mass is 16.1. The van der Waals surface area contributed by atoms with Gasteiger partial charge >= 0.3 is 0 Å². The van der Waals surface area contributed by atoms with E-state index in [0.29, 0.717) is 5.56 Å². The zero-order chi connectivity index (χ0) is 13.9. The lowest BCUT2D eigenvalue weighted by Crippen LogP contribution is -2.13. The number of benzene rings is 2. The Balaban J connectivity index is 1.82. The van der Waals surface area contributed by atoms with Crippen LogP contribution in [0.2, 0.25) is 0 Å². The molecule has 2 aromatic carbocycles. The molecule has 4 nitrogen and oxygen atoms in total. The number of carbonyl (C=O) groups is 1. The van der Waals surface area contributed by atoms with E-state index < -0.39 is 5.91 Å². The molecule has 0 aromatic heterocycles. The molecule has 0 spiro atoms. The second-order valence-electron chi connectivity index (χ2n) is 4.70. The molecule has 2 N–H and O–H groups in total. The van der Waals surface area contributed by atoms with Gasteiger partial charge in [0, 0.05) is 18.5 Å². The maximum atomic E-state index is 11.1. The molecule has 20 heavy (non-hydrogen) atoms. The molecule has 0 atom stereocenters. The van der Waals surface area contributed by atoms with Crippen molar-refractivity contribution in [2.75, 3.05) is 11.6 Å². The molecule has 1 aliphatic heterocycles. The van der Waals surface area contributed by atoms with E-state index in [4.69, 9.17) is 5.73 Å². The molecule has 0 saturated carbocycles. The fourth-order valence-corrected chi connectivity index (χ4v) is 2.27. The predicted octanol–water partition coefficient (Wildman–Crippen LogP) is 2.40. The summed E-state index contributed by atoms with van der Waals surface area (Å²) in [5.41, 5.74) is 8.97. The second-order valence-corrected chi connectivity index (χ2v) is 4.70. The number of anilines is 1. The van der Waals surface area contributed by atoms with Crippen LogP contribution in [0.3, 0.4) is 0 Å². The van der Waals surface area contributed by atoms with Gasteiger partial charge in [-0.25, -0.2) is 0 Å². The quantitative estimate of drug-likeness (QED) is 0.926. The van der Waals surface area contributed by atoms with Crippen LogP contribution in [0.1, 0.15) is 22.3 Å². The molecule has 0 saturated heterocycles. The SMILES string of the molecule is NC(=O)c1ccc(N2CCC(c3ccccc3)=N2)cc1. The van der Waals surface area contributed by atoms with Crippen molar-refractivity contribution in [1.29, 1.82) is 0 Å². The summed E-state index contributed by atoms with van der Waals surface area (Å²) >= 11 is 0. The summed E-state index contributed by atoms with van der Waals surface area (Å²) in [6.45, 7) is 0.847. The molecule has 1 aliphatic rings. The number of amides is 1. The van der Waals surface area contributed by atoms with Gasteiger partial charge in [-0.05, 0) is 29.8 Å². The second kappa shape index (κ2) is 5.17. The highest BCUT2D eigenvalue weighted by Gasteiger charge is 2.17. The molecule has 100 valence electrons. The van der Waals surface area contributed by atoms with Crippen molar-refractivity contribution in [3.8, 4) is 0 Å². The number of hydrogen-bond acceptors (Lipinski definition) is 3. The molecule has 0 aliphatic carbocycles. The first-order chi connectivity index (χ1) is 9.74. The van der Waals surface area contributed by atoms with E-state index in [1.54, 1.807) is 12.1 Å². The maximum Gasteiger partial charge on any atom is 0.248 e. The Labute approximate surface area is 117 Å². The molecule has 1 heterocycles. The molecular weight excluding hydrogens is 250 g/mol. The molecule has 4 heteroatoms. The highest BCUT2D eigenvalue weighted by molar-refractivity contribution is 6.02. The minimum absolute atomic E-state index is 0.411. The zero-order valence-electron chi connectivity index (χ0n) is 11.0. The van der Waals surface area contributed by atoms with Gasteiger partial charge in [-0.15, -0.1) is 0 Å². The van der Waals surface area contributed by atoms with E-state index in [1.807, 2.05) is 35.3 Å². The van der Waals surface area contributed by atoms with Crippen LogP contribution in [0, 0.1) is 0 Å². The summed E-state index contributed by atoms with van der Waals surface area (Å²) in [4.78, 5) is 11.1. The maximum absolute atomic E-state index is 11.1. The van der Waals surface area contributed by atoms with Gasteiger partial charge in [0.25, 0.3) is 0 Å². The Morgan fingerprint density at radius 2 is 1.75 bits per heavy atom. The standard InChI is InChI=1S/C16H15N3O/c17-16(20)13-6-8-14(9-7-13)19-11-10-15(18-19)12-4-2-1-3-5-12/h1-9H,10-11H2,(H2,17,20). The first-order valence-corrected chi connectivity index (χ1v) is 6.54. The highest BCUT2D eigenvalue weighted by Crippen LogP contribution is 2.22. The third kappa shape index (κ3) is 2.40. The van der Waals surface area contributed by atoms with Crippen LogP contribution < -0.4 is 10.7 Å². The van der Waals surface area contributed by atoms with E-state index in [-0.39, 0.29) is 0 Å². The van der Waals surface area contributed by atoms with Crippen molar-refractivity contribution in [2.45, 2.75) is 6.42 Å². The number of nitrogens with zero attached hydrogens (tertiary/aromatic N) is 2. The molecule has 3 rings (SSSR count). The number of rotatable bonds is 3. The summed E-state index contributed by atoms with van der Waals surface area (Å²) in [6, 6.07) is 17.4. The summed E-state index contributed by atoms with van der Waals surface area (Å²) < 4.78 is 0. The summed E-state index contributed by atoms with van der Waals surface area (Å²) in [6.07, 6.45) is 0.918. The minimum atomic E-state index is -0.411. The number of hydrogen-bond donors (Lipinski definition) is 1. The lowest BCUT2D eigenvalue weighted by Gasteiger charge is -2.13. The fourth-order valence-electron chi connectivity index (χ4n) is 2.27. The predicted molar refractivity (Wildman–Crippen MR) is 79.9 cm³/mol. The van der Waals surface area contributed by atoms with Gasteiger partial charge in [-0.2, -0.15) is 5.10 Å². The van der Waals surface area contributed by atoms with Crippen LogP contribution in [-0.2, 0) is 0 Å². The van der Waals surface area contributed by atoms with Crippen molar-refractivity contribution >= 4 is 17.3 Å². The molecule has 0 fully saturated rings. The lowest BCUT2D eigenvalue weighted by atomic mass is 10.1. The Hall–Kier alpha value is -2.62. The number of carbonyl (C=O) groups excluding carboxylic acids is 1. The first kappa shape index (κ1) is 12.4. The van der Waals surface area contributed by atoms with Crippen LogP contribution in [0.4, 0.5) is 5.69 Å². The Bertz CT molecular complexity index is 647. The van der Waals surface area contributed by atoms with Crippen LogP contribution in [-0.4, -0.2) is 18.2 Å². The molecule has 0 unspecified atom stereocenters. The largest absolute Gasteiger partial charge is 0.366 e. The van der Waals surface area contributed by atoms with E-state index in [2.05, 4.69) is 17.2 Å². The van der Waals surface area contributed by atoms with Gasteiger partial charge in [0.05, 0.1) is 11.4 Å². The Morgan fingerprint density at radius 1 is 1.05 bits per heavy atom. The number of primary amides is 1. The topological polar surface area (TPSA) is 58.7 Å².